The maximum atomic E-state index is 12.3. The van der Waals surface area contributed by atoms with Crippen LogP contribution in [-0.2, 0) is 13.0 Å². The zero-order chi connectivity index (χ0) is 13.3. The molecule has 0 N–H and O–H groups in total. The van der Waals surface area contributed by atoms with E-state index in [2.05, 4.69) is 4.98 Å². The predicted molar refractivity (Wildman–Crippen MR) is 68.9 cm³/mol. The molecule has 0 aromatic carbocycles. The third-order valence-corrected chi connectivity index (χ3v) is 3.30. The Morgan fingerprint density at radius 2 is 2.06 bits per heavy atom. The lowest BCUT2D eigenvalue weighted by molar-refractivity contribution is 0.0988. The minimum Gasteiger partial charge on any atom is -0.466 e. The normalized spacial score (nSPS) is 10.9. The van der Waals surface area contributed by atoms with E-state index >= 15 is 0 Å². The van der Waals surface area contributed by atoms with Crippen molar-refractivity contribution in [2.45, 2.75) is 40.7 Å². The standard InChI is InChI=1S/C14H18N2O2/c1-5-16-7-6-15-13(16)8-12(17)14-9(2)10(3)18-11(14)4/h6-7H,5,8H2,1-4H3. The maximum absolute atomic E-state index is 12.3. The van der Waals surface area contributed by atoms with Gasteiger partial charge in [-0.1, -0.05) is 0 Å². The number of carbonyl (C=O) groups is 1. The van der Waals surface area contributed by atoms with E-state index < -0.39 is 0 Å². The van der Waals surface area contributed by atoms with Gasteiger partial charge in [0, 0.05) is 24.5 Å². The lowest BCUT2D eigenvalue weighted by atomic mass is 10.0. The number of hydrogen-bond donors (Lipinski definition) is 0. The molecule has 0 amide bonds. The van der Waals surface area contributed by atoms with Gasteiger partial charge in [0.25, 0.3) is 0 Å². The van der Waals surface area contributed by atoms with Crippen molar-refractivity contribution in [2.24, 2.45) is 0 Å². The van der Waals surface area contributed by atoms with Crippen molar-refractivity contribution in [3.8, 4) is 0 Å². The molecule has 4 nitrogen and oxygen atoms in total. The van der Waals surface area contributed by atoms with Crippen LogP contribution in [0.5, 0.6) is 0 Å². The lowest BCUT2D eigenvalue weighted by Gasteiger charge is -2.04. The summed E-state index contributed by atoms with van der Waals surface area (Å²) in [4.78, 5) is 16.6. The van der Waals surface area contributed by atoms with Gasteiger partial charge in [-0.15, -0.1) is 0 Å². The molecule has 0 aliphatic rings. The molecule has 4 heteroatoms. The molecule has 0 radical (unpaired) electrons. The highest BCUT2D eigenvalue weighted by Crippen LogP contribution is 2.22. The van der Waals surface area contributed by atoms with Crippen LogP contribution >= 0.6 is 0 Å². The monoisotopic (exact) mass is 246 g/mol. The Morgan fingerprint density at radius 1 is 1.33 bits per heavy atom. The van der Waals surface area contributed by atoms with Crippen LogP contribution in [0, 0.1) is 20.8 Å². The number of furan rings is 1. The fourth-order valence-corrected chi connectivity index (χ4v) is 2.23. The Kier molecular flexibility index (Phi) is 3.36. The molecule has 0 bridgehead atoms. The van der Waals surface area contributed by atoms with Crippen molar-refractivity contribution < 1.29 is 9.21 Å². The highest BCUT2D eigenvalue weighted by atomic mass is 16.3. The smallest absolute Gasteiger partial charge is 0.174 e. The van der Waals surface area contributed by atoms with Gasteiger partial charge in [-0.05, 0) is 27.7 Å². The van der Waals surface area contributed by atoms with Crippen molar-refractivity contribution in [3.63, 3.8) is 0 Å². The number of Topliss-reactive ketones (excluding diaryl/α,β-unsaturated/α-hetero) is 1. The number of aromatic nitrogens is 2. The van der Waals surface area contributed by atoms with Crippen molar-refractivity contribution in [3.05, 3.63) is 40.9 Å². The highest BCUT2D eigenvalue weighted by molar-refractivity contribution is 5.99. The first-order valence-electron chi connectivity index (χ1n) is 6.14. The third kappa shape index (κ3) is 2.10. The molecule has 2 aromatic heterocycles. The molecule has 0 unspecified atom stereocenters. The molecule has 0 saturated heterocycles. The van der Waals surface area contributed by atoms with Crippen LogP contribution in [0.25, 0.3) is 0 Å². The van der Waals surface area contributed by atoms with Crippen LogP contribution in [0.2, 0.25) is 0 Å². The van der Waals surface area contributed by atoms with E-state index in [0.717, 1.165) is 23.7 Å². The largest absolute Gasteiger partial charge is 0.466 e. The molecule has 0 saturated carbocycles. The van der Waals surface area contributed by atoms with Crippen LogP contribution in [0.15, 0.2) is 16.8 Å². The van der Waals surface area contributed by atoms with Crippen molar-refractivity contribution in [1.82, 2.24) is 9.55 Å². The zero-order valence-electron chi connectivity index (χ0n) is 11.3. The molecular formula is C14H18N2O2. The lowest BCUT2D eigenvalue weighted by Crippen LogP contribution is -2.10. The number of rotatable bonds is 4. The molecule has 2 aromatic rings. The number of carbonyl (C=O) groups excluding carboxylic acids is 1. The van der Waals surface area contributed by atoms with Crippen molar-refractivity contribution in [2.75, 3.05) is 0 Å². The average molecular weight is 246 g/mol. The molecule has 0 fully saturated rings. The minimum absolute atomic E-state index is 0.0720. The van der Waals surface area contributed by atoms with Crippen LogP contribution in [0.4, 0.5) is 0 Å². The van der Waals surface area contributed by atoms with E-state index in [1.54, 1.807) is 6.20 Å². The van der Waals surface area contributed by atoms with Crippen LogP contribution in [0.1, 0.15) is 40.2 Å². The van der Waals surface area contributed by atoms with E-state index in [1.807, 2.05) is 38.5 Å². The maximum Gasteiger partial charge on any atom is 0.174 e. The molecule has 2 heterocycles. The molecule has 0 atom stereocenters. The topological polar surface area (TPSA) is 48.0 Å². The van der Waals surface area contributed by atoms with Gasteiger partial charge in [0.15, 0.2) is 5.78 Å². The average Bonchev–Trinajstić information content (AvgIpc) is 2.85. The summed E-state index contributed by atoms with van der Waals surface area (Å²) in [6.07, 6.45) is 3.94. The number of imidazole rings is 1. The van der Waals surface area contributed by atoms with Gasteiger partial charge in [0.1, 0.15) is 17.3 Å². The summed E-state index contributed by atoms with van der Waals surface area (Å²) in [6, 6.07) is 0. The van der Waals surface area contributed by atoms with E-state index in [0.29, 0.717) is 17.7 Å². The van der Waals surface area contributed by atoms with Gasteiger partial charge in [0.2, 0.25) is 0 Å². The molecular weight excluding hydrogens is 228 g/mol. The first kappa shape index (κ1) is 12.6. The Labute approximate surface area is 107 Å². The molecule has 18 heavy (non-hydrogen) atoms. The van der Waals surface area contributed by atoms with Crippen molar-refractivity contribution >= 4 is 5.78 Å². The predicted octanol–water partition coefficient (Wildman–Crippen LogP) is 2.85. The quantitative estimate of drug-likeness (QED) is 0.779. The van der Waals surface area contributed by atoms with Gasteiger partial charge in [-0.2, -0.15) is 0 Å². The SMILES string of the molecule is CCn1ccnc1CC(=O)c1c(C)oc(C)c1C. The number of aryl methyl sites for hydroxylation is 3. The minimum atomic E-state index is 0.0720. The van der Waals surface area contributed by atoms with Gasteiger partial charge >= 0.3 is 0 Å². The summed E-state index contributed by atoms with van der Waals surface area (Å²) in [6.45, 7) is 8.50. The Bertz CT molecular complexity index is 579. The highest BCUT2D eigenvalue weighted by Gasteiger charge is 2.20. The van der Waals surface area contributed by atoms with Crippen LogP contribution in [-0.4, -0.2) is 15.3 Å². The number of ketones is 1. The van der Waals surface area contributed by atoms with Gasteiger partial charge < -0.3 is 8.98 Å². The van der Waals surface area contributed by atoms with E-state index in [4.69, 9.17) is 4.42 Å². The Hall–Kier alpha value is -1.84. The second-order valence-corrected chi connectivity index (χ2v) is 4.44. The molecule has 2 rings (SSSR count). The molecule has 0 aliphatic carbocycles. The fraction of sp³-hybridized carbons (Fsp3) is 0.429. The van der Waals surface area contributed by atoms with Crippen molar-refractivity contribution in [1.29, 1.82) is 0 Å². The molecule has 96 valence electrons. The first-order chi connectivity index (χ1) is 8.54. The Morgan fingerprint density at radius 3 is 2.61 bits per heavy atom. The summed E-state index contributed by atoms with van der Waals surface area (Å²) >= 11 is 0. The van der Waals surface area contributed by atoms with E-state index in [-0.39, 0.29) is 5.78 Å². The molecule has 0 aliphatic heterocycles. The third-order valence-electron chi connectivity index (χ3n) is 3.30. The number of hydrogen-bond acceptors (Lipinski definition) is 3. The summed E-state index contributed by atoms with van der Waals surface area (Å²) in [7, 11) is 0. The fourth-order valence-electron chi connectivity index (χ4n) is 2.23. The van der Waals surface area contributed by atoms with Crippen LogP contribution in [0.3, 0.4) is 0 Å². The summed E-state index contributed by atoms with van der Waals surface area (Å²) in [5.41, 5.74) is 1.64. The summed E-state index contributed by atoms with van der Waals surface area (Å²) in [5, 5.41) is 0. The molecule has 0 spiro atoms. The zero-order valence-corrected chi connectivity index (χ0v) is 11.3. The van der Waals surface area contributed by atoms with Gasteiger partial charge in [-0.3, -0.25) is 4.79 Å². The number of nitrogens with zero attached hydrogens (tertiary/aromatic N) is 2. The van der Waals surface area contributed by atoms with Gasteiger partial charge in [-0.25, -0.2) is 4.98 Å². The second kappa shape index (κ2) is 4.80. The van der Waals surface area contributed by atoms with Crippen LogP contribution < -0.4 is 0 Å². The van der Waals surface area contributed by atoms with E-state index in [9.17, 15) is 4.79 Å². The van der Waals surface area contributed by atoms with E-state index in [1.165, 1.54) is 0 Å². The first-order valence-corrected chi connectivity index (χ1v) is 6.14. The second-order valence-electron chi connectivity index (χ2n) is 4.44. The Balaban J connectivity index is 2.28. The van der Waals surface area contributed by atoms with Gasteiger partial charge in [0.05, 0.1) is 12.0 Å². The summed E-state index contributed by atoms with van der Waals surface area (Å²) in [5.74, 6) is 2.39. The summed E-state index contributed by atoms with van der Waals surface area (Å²) < 4.78 is 7.48.